The third-order valence-electron chi connectivity index (χ3n) is 29.5. The molecular weight excluding hydrogens is 1560 g/mol. The molecule has 0 spiro atoms. The van der Waals surface area contributed by atoms with E-state index in [-0.39, 0.29) is 0 Å². The summed E-state index contributed by atoms with van der Waals surface area (Å²) in [4.78, 5) is 0. The van der Waals surface area contributed by atoms with Crippen LogP contribution in [0, 0.1) is 0 Å². The van der Waals surface area contributed by atoms with Crippen LogP contribution in [0.15, 0.2) is 109 Å². The van der Waals surface area contributed by atoms with Crippen molar-refractivity contribution in [3.63, 3.8) is 0 Å². The molecular formula is C122H168O6. The van der Waals surface area contributed by atoms with E-state index in [1.807, 2.05) is 0 Å². The molecule has 692 valence electrons. The molecule has 0 aliphatic rings. The maximum atomic E-state index is 7.30. The monoisotopic (exact) mass is 1730 g/mol. The SMILES string of the molecule is CCCCCCCCCCCCOc1cc(-c2c3cccc4c5ccc6ccc7c(-c8cc(OCCCCCCCCCCCC)c(OCCCCCCCCCCCC)c(OCCCCCCCCCCCC)c8)c8cccc9c%10ccc%11ccc2c2c%11c%10c%10c(c89)c7c6c5c%10c2c34)cc(OCCCCCCCCCCCC)c1OCCCCCCCCCCCC. The summed E-state index contributed by atoms with van der Waals surface area (Å²) < 4.78 is 43.6. The molecule has 0 N–H and O–H groups in total. The minimum atomic E-state index is 0.644. The summed E-state index contributed by atoms with van der Waals surface area (Å²) in [5.74, 6) is 4.86. The molecule has 14 rings (SSSR count). The molecule has 0 atom stereocenters. The van der Waals surface area contributed by atoms with Crippen molar-refractivity contribution in [2.45, 2.75) is 427 Å². The Bertz CT molecular complexity index is 5020. The fourth-order valence-corrected chi connectivity index (χ4v) is 22.4. The molecule has 0 radical (unpaired) electrons. The highest BCUT2D eigenvalue weighted by atomic mass is 16.5. The topological polar surface area (TPSA) is 55.4 Å². The Morgan fingerprint density at radius 1 is 0.156 bits per heavy atom. The second kappa shape index (κ2) is 52.5. The number of hydrogen-bond donors (Lipinski definition) is 0. The zero-order valence-corrected chi connectivity index (χ0v) is 81.5. The van der Waals surface area contributed by atoms with Gasteiger partial charge in [0.05, 0.1) is 39.6 Å². The molecule has 0 saturated carbocycles. The Labute approximate surface area is 774 Å². The van der Waals surface area contributed by atoms with Crippen molar-refractivity contribution in [3.8, 4) is 56.8 Å². The lowest BCUT2D eigenvalue weighted by atomic mass is 9.73. The van der Waals surface area contributed by atoms with Gasteiger partial charge in [0.2, 0.25) is 11.5 Å². The van der Waals surface area contributed by atoms with Gasteiger partial charge in [-0.15, -0.1) is 0 Å². The van der Waals surface area contributed by atoms with E-state index in [0.717, 1.165) is 84.1 Å². The first-order chi connectivity index (χ1) is 63.5. The smallest absolute Gasteiger partial charge is 0.203 e. The number of hydrogen-bond acceptors (Lipinski definition) is 6. The van der Waals surface area contributed by atoms with Gasteiger partial charge in [-0.05, 0) is 204 Å². The Hall–Kier alpha value is -7.70. The van der Waals surface area contributed by atoms with Gasteiger partial charge in [-0.3, -0.25) is 0 Å². The van der Waals surface area contributed by atoms with Gasteiger partial charge in [0, 0.05) is 0 Å². The van der Waals surface area contributed by atoms with Crippen LogP contribution in [0.5, 0.6) is 34.5 Å². The Kier molecular flexibility index (Phi) is 39.5. The van der Waals surface area contributed by atoms with E-state index in [1.165, 1.54) is 476 Å². The summed E-state index contributed by atoms with van der Waals surface area (Å²) in [5.41, 5.74) is 4.76. The van der Waals surface area contributed by atoms with Gasteiger partial charge in [-0.2, -0.15) is 0 Å². The van der Waals surface area contributed by atoms with E-state index in [4.69, 9.17) is 28.4 Å². The molecule has 0 bridgehead atoms. The van der Waals surface area contributed by atoms with Crippen molar-refractivity contribution in [1.29, 1.82) is 0 Å². The largest absolute Gasteiger partial charge is 0.490 e. The molecule has 6 heteroatoms. The Morgan fingerprint density at radius 2 is 0.336 bits per heavy atom. The molecule has 0 aliphatic heterocycles. The number of benzene rings is 14. The maximum Gasteiger partial charge on any atom is 0.203 e. The van der Waals surface area contributed by atoms with Gasteiger partial charge in [0.25, 0.3) is 0 Å². The first-order valence-corrected chi connectivity index (χ1v) is 54.4. The summed E-state index contributed by atoms with van der Waals surface area (Å²) >= 11 is 0. The predicted octanol–water partition coefficient (Wildman–Crippen LogP) is 40.1. The zero-order chi connectivity index (χ0) is 88.1. The molecule has 0 fully saturated rings. The minimum absolute atomic E-state index is 0.644. The molecule has 0 amide bonds. The molecule has 0 heterocycles. The van der Waals surface area contributed by atoms with Crippen LogP contribution >= 0.6 is 0 Å². The zero-order valence-electron chi connectivity index (χ0n) is 81.5. The van der Waals surface area contributed by atoms with Crippen LogP contribution in [-0.2, 0) is 0 Å². The van der Waals surface area contributed by atoms with Crippen LogP contribution in [0.25, 0.3) is 141 Å². The average molecular weight is 1730 g/mol. The molecule has 14 aromatic carbocycles. The minimum Gasteiger partial charge on any atom is -0.490 e. The summed E-state index contributed by atoms with van der Waals surface area (Å²) in [6.07, 6.45) is 76.9. The maximum absolute atomic E-state index is 7.30. The molecule has 0 saturated heterocycles. The molecule has 0 unspecified atom stereocenters. The van der Waals surface area contributed by atoms with Crippen molar-refractivity contribution >= 4 is 118 Å². The van der Waals surface area contributed by atoms with E-state index < -0.39 is 0 Å². The number of fused-ring (bicyclic) bond motifs is 2. The molecule has 14 aromatic rings. The number of ether oxygens (including phenoxy) is 6. The first-order valence-electron chi connectivity index (χ1n) is 54.4. The molecule has 0 aromatic heterocycles. The third-order valence-corrected chi connectivity index (χ3v) is 29.5. The van der Waals surface area contributed by atoms with Gasteiger partial charge in [-0.1, -0.05) is 473 Å². The van der Waals surface area contributed by atoms with E-state index >= 15 is 0 Å². The lowest BCUT2D eigenvalue weighted by Crippen LogP contribution is -2.07. The Morgan fingerprint density at radius 3 is 0.578 bits per heavy atom. The molecule has 128 heavy (non-hydrogen) atoms. The molecule has 0 aliphatic carbocycles. The fourth-order valence-electron chi connectivity index (χ4n) is 22.4. The van der Waals surface area contributed by atoms with Gasteiger partial charge in [-0.25, -0.2) is 0 Å². The lowest BCUT2D eigenvalue weighted by Gasteiger charge is -2.29. The van der Waals surface area contributed by atoms with Crippen LogP contribution in [0.4, 0.5) is 0 Å². The highest BCUT2D eigenvalue weighted by molar-refractivity contribution is 6.59. The van der Waals surface area contributed by atoms with Crippen molar-refractivity contribution < 1.29 is 28.4 Å². The predicted molar refractivity (Wildman–Crippen MR) is 561 cm³/mol. The van der Waals surface area contributed by atoms with Crippen LogP contribution in [-0.4, -0.2) is 39.6 Å². The van der Waals surface area contributed by atoms with Gasteiger partial charge in [0.1, 0.15) is 0 Å². The van der Waals surface area contributed by atoms with Gasteiger partial charge >= 0.3 is 0 Å². The van der Waals surface area contributed by atoms with Gasteiger partial charge < -0.3 is 28.4 Å². The average Bonchev–Trinajstić information content (AvgIpc) is 0.645. The lowest BCUT2D eigenvalue weighted by molar-refractivity contribution is 0.234. The first kappa shape index (κ1) is 96.4. The van der Waals surface area contributed by atoms with Crippen LogP contribution in [0.2, 0.25) is 0 Å². The van der Waals surface area contributed by atoms with E-state index in [1.54, 1.807) is 0 Å². The summed E-state index contributed by atoms with van der Waals surface area (Å²) in [7, 11) is 0. The standard InChI is InChI=1S/C122H168O6/c1-7-13-19-25-31-37-43-49-55-61-81-123-103-87-93(88-104(124-82-62-56-50-44-38-32-26-20-14-8-2)121(103)127-85-65-59-53-47-41-35-29-23-17-11-5)107-99-71-67-69-95-97-77-74-92-76-80-102-108(100-72-68-70-96-98-78-73-91-75-79-101(107)115-109(91)113(98)120-118(112(96)100)116(102)110(92)114(97)119(120)117(115)111(95)99)94-89-105(125-83-63-57-51-45-39-33-27-21-15-9-3)122(128-86-66-60-54-48-42-36-30-24-18-12-6)106(90-94)126-84-64-58-52-46-40-34-28-22-16-10-4/h67-80,87-90H,7-66,81-86H2,1-6H3. The number of unbranched alkanes of at least 4 members (excludes halogenated alkanes) is 54. The third kappa shape index (κ3) is 24.4. The van der Waals surface area contributed by atoms with Crippen LogP contribution in [0.3, 0.4) is 0 Å². The normalized spacial score (nSPS) is 12.3. The van der Waals surface area contributed by atoms with Gasteiger partial charge in [0.15, 0.2) is 23.0 Å². The summed E-state index contributed by atoms with van der Waals surface area (Å²) in [5, 5.41) is 29.5. The quantitative estimate of drug-likeness (QED) is 0.0215. The van der Waals surface area contributed by atoms with Crippen molar-refractivity contribution in [1.82, 2.24) is 0 Å². The molecule has 6 nitrogen and oxygen atoms in total. The van der Waals surface area contributed by atoms with E-state index in [9.17, 15) is 0 Å². The van der Waals surface area contributed by atoms with E-state index in [2.05, 4.69) is 151 Å². The summed E-state index contributed by atoms with van der Waals surface area (Å²) in [6, 6.07) is 43.9. The van der Waals surface area contributed by atoms with Crippen LogP contribution in [0.1, 0.15) is 427 Å². The second-order valence-corrected chi connectivity index (χ2v) is 39.6. The van der Waals surface area contributed by atoms with Crippen molar-refractivity contribution in [3.05, 3.63) is 109 Å². The van der Waals surface area contributed by atoms with Crippen molar-refractivity contribution in [2.75, 3.05) is 39.6 Å². The second-order valence-electron chi connectivity index (χ2n) is 39.6. The number of rotatable bonds is 74. The van der Waals surface area contributed by atoms with E-state index in [0.29, 0.717) is 39.6 Å². The highest BCUT2D eigenvalue weighted by Crippen LogP contribution is 2.62. The van der Waals surface area contributed by atoms with Crippen LogP contribution < -0.4 is 28.4 Å². The summed E-state index contributed by atoms with van der Waals surface area (Å²) in [6.45, 7) is 17.8. The fraction of sp³-hybridized carbons (Fsp3) is 0.590. The highest BCUT2D eigenvalue weighted by Gasteiger charge is 2.34. The van der Waals surface area contributed by atoms with Crippen molar-refractivity contribution in [2.24, 2.45) is 0 Å². The Balaban J connectivity index is 0.882.